The minimum absolute atomic E-state index is 0.432. The third kappa shape index (κ3) is 2.30. The van der Waals surface area contributed by atoms with E-state index >= 15 is 0 Å². The van der Waals surface area contributed by atoms with Crippen LogP contribution in [0.5, 0.6) is 0 Å². The van der Waals surface area contributed by atoms with Crippen LogP contribution in [-0.4, -0.2) is 15.0 Å². The Bertz CT molecular complexity index is 454. The Morgan fingerprint density at radius 2 is 1.93 bits per heavy atom. The summed E-state index contributed by atoms with van der Waals surface area (Å²) in [6, 6.07) is 5.77. The number of nitrogens with zero attached hydrogens (tertiary/aromatic N) is 3. The highest BCUT2D eigenvalue weighted by Gasteiger charge is 2.02. The van der Waals surface area contributed by atoms with Gasteiger partial charge in [0.25, 0.3) is 0 Å². The lowest BCUT2D eigenvalue weighted by Gasteiger charge is -2.00. The molecule has 0 amide bonds. The Hall–Kier alpha value is -1.48. The summed E-state index contributed by atoms with van der Waals surface area (Å²) >= 11 is 5.65. The van der Waals surface area contributed by atoms with Gasteiger partial charge in [-0.05, 0) is 19.1 Å². The number of hydrogen-bond acceptors (Lipinski definition) is 3. The lowest BCUT2D eigenvalue weighted by molar-refractivity contribution is 1.09. The first-order chi connectivity index (χ1) is 7.29. The van der Waals surface area contributed by atoms with E-state index in [1.54, 1.807) is 12.4 Å². The van der Waals surface area contributed by atoms with Crippen molar-refractivity contribution in [3.05, 3.63) is 41.9 Å². The zero-order chi connectivity index (χ0) is 10.7. The van der Waals surface area contributed by atoms with E-state index in [4.69, 9.17) is 11.6 Å². The van der Waals surface area contributed by atoms with E-state index in [2.05, 4.69) is 15.0 Å². The number of aryl methyl sites for hydroxylation is 1. The predicted octanol–water partition coefficient (Wildman–Crippen LogP) is 2.59. The maximum Gasteiger partial charge on any atom is 0.178 e. The van der Waals surface area contributed by atoms with Crippen molar-refractivity contribution in [1.82, 2.24) is 15.0 Å². The molecule has 0 spiro atoms. The molecule has 0 aromatic carbocycles. The quantitative estimate of drug-likeness (QED) is 0.729. The predicted molar refractivity (Wildman–Crippen MR) is 59.6 cm³/mol. The topological polar surface area (TPSA) is 38.7 Å². The number of rotatable bonds is 2. The van der Waals surface area contributed by atoms with E-state index in [1.165, 1.54) is 0 Å². The van der Waals surface area contributed by atoms with Gasteiger partial charge in [-0.2, -0.15) is 0 Å². The summed E-state index contributed by atoms with van der Waals surface area (Å²) in [5.74, 6) is 1.06. The van der Waals surface area contributed by atoms with Gasteiger partial charge in [-0.15, -0.1) is 11.6 Å². The highest BCUT2D eigenvalue weighted by atomic mass is 35.5. The van der Waals surface area contributed by atoms with Crippen LogP contribution in [0.3, 0.4) is 0 Å². The molecule has 0 saturated carbocycles. The van der Waals surface area contributed by atoms with Crippen LogP contribution in [0.25, 0.3) is 11.5 Å². The molecule has 2 aromatic heterocycles. The van der Waals surface area contributed by atoms with E-state index in [0.717, 1.165) is 17.0 Å². The zero-order valence-electron chi connectivity index (χ0n) is 8.31. The third-order valence-corrected chi connectivity index (χ3v) is 2.29. The van der Waals surface area contributed by atoms with Gasteiger partial charge in [0, 0.05) is 23.7 Å². The van der Waals surface area contributed by atoms with Crippen molar-refractivity contribution in [3.8, 4) is 11.5 Å². The first-order valence-electron chi connectivity index (χ1n) is 4.60. The van der Waals surface area contributed by atoms with Gasteiger partial charge in [-0.3, -0.25) is 0 Å². The zero-order valence-corrected chi connectivity index (χ0v) is 9.07. The normalized spacial score (nSPS) is 10.3. The van der Waals surface area contributed by atoms with Crippen LogP contribution in [0, 0.1) is 6.92 Å². The second-order valence-corrected chi connectivity index (χ2v) is 3.48. The molecule has 3 nitrogen and oxygen atoms in total. The SMILES string of the molecule is Cc1cccc(-c2ncc(CCl)cn2)n1. The Balaban J connectivity index is 2.37. The average Bonchev–Trinajstić information content (AvgIpc) is 2.29. The molecule has 0 atom stereocenters. The third-order valence-electron chi connectivity index (χ3n) is 1.98. The smallest absolute Gasteiger partial charge is 0.178 e. The summed E-state index contributed by atoms with van der Waals surface area (Å²) in [7, 11) is 0. The Morgan fingerprint density at radius 1 is 1.20 bits per heavy atom. The Labute approximate surface area is 93.2 Å². The standard InChI is InChI=1S/C11H10ClN3/c1-8-3-2-4-10(15-8)11-13-6-9(5-12)7-14-11/h2-4,6-7H,5H2,1H3. The molecule has 0 radical (unpaired) electrons. The number of aromatic nitrogens is 3. The number of hydrogen-bond donors (Lipinski definition) is 0. The van der Waals surface area contributed by atoms with Gasteiger partial charge in [0.15, 0.2) is 5.82 Å². The highest BCUT2D eigenvalue weighted by molar-refractivity contribution is 6.17. The van der Waals surface area contributed by atoms with Crippen LogP contribution in [0.2, 0.25) is 0 Å². The molecule has 0 saturated heterocycles. The second-order valence-electron chi connectivity index (χ2n) is 3.21. The lowest BCUT2D eigenvalue weighted by atomic mass is 10.3. The van der Waals surface area contributed by atoms with Crippen LogP contribution in [0.4, 0.5) is 0 Å². The van der Waals surface area contributed by atoms with Crippen LogP contribution < -0.4 is 0 Å². The largest absolute Gasteiger partial charge is 0.250 e. The fourth-order valence-corrected chi connectivity index (χ4v) is 1.36. The molecular weight excluding hydrogens is 210 g/mol. The summed E-state index contributed by atoms with van der Waals surface area (Å²) in [6.45, 7) is 1.94. The molecule has 2 heterocycles. The fraction of sp³-hybridized carbons (Fsp3) is 0.182. The van der Waals surface area contributed by atoms with Gasteiger partial charge in [0.05, 0.1) is 5.88 Å². The lowest BCUT2D eigenvalue weighted by Crippen LogP contribution is -1.93. The van der Waals surface area contributed by atoms with Crippen molar-refractivity contribution in [2.24, 2.45) is 0 Å². The number of pyridine rings is 1. The maximum absolute atomic E-state index is 5.65. The van der Waals surface area contributed by atoms with Crippen molar-refractivity contribution >= 4 is 11.6 Å². The molecule has 2 rings (SSSR count). The van der Waals surface area contributed by atoms with Crippen molar-refractivity contribution in [3.63, 3.8) is 0 Å². The molecule has 15 heavy (non-hydrogen) atoms. The van der Waals surface area contributed by atoms with Crippen molar-refractivity contribution in [2.45, 2.75) is 12.8 Å². The van der Waals surface area contributed by atoms with Gasteiger partial charge in [0.1, 0.15) is 5.69 Å². The first kappa shape index (κ1) is 10.1. The summed E-state index contributed by atoms with van der Waals surface area (Å²) in [5.41, 5.74) is 2.65. The van der Waals surface area contributed by atoms with E-state index in [9.17, 15) is 0 Å². The molecule has 0 aliphatic carbocycles. The summed E-state index contributed by atoms with van der Waals surface area (Å²) in [4.78, 5) is 12.7. The van der Waals surface area contributed by atoms with Crippen LogP contribution in [0.1, 0.15) is 11.3 Å². The van der Waals surface area contributed by atoms with Gasteiger partial charge in [0.2, 0.25) is 0 Å². The Kier molecular flexibility index (Phi) is 2.92. The van der Waals surface area contributed by atoms with Crippen LogP contribution >= 0.6 is 11.6 Å². The molecule has 0 aliphatic heterocycles. The average molecular weight is 220 g/mol. The summed E-state index contributed by atoms with van der Waals surface area (Å²) in [5, 5.41) is 0. The van der Waals surface area contributed by atoms with E-state index in [0.29, 0.717) is 11.7 Å². The summed E-state index contributed by atoms with van der Waals surface area (Å²) < 4.78 is 0. The molecular formula is C11H10ClN3. The van der Waals surface area contributed by atoms with Crippen LogP contribution in [0.15, 0.2) is 30.6 Å². The molecule has 4 heteroatoms. The van der Waals surface area contributed by atoms with Crippen molar-refractivity contribution in [1.29, 1.82) is 0 Å². The molecule has 0 N–H and O–H groups in total. The van der Waals surface area contributed by atoms with Gasteiger partial charge in [-0.1, -0.05) is 6.07 Å². The minimum atomic E-state index is 0.432. The number of alkyl halides is 1. The molecule has 2 aromatic rings. The minimum Gasteiger partial charge on any atom is -0.250 e. The van der Waals surface area contributed by atoms with Crippen molar-refractivity contribution < 1.29 is 0 Å². The monoisotopic (exact) mass is 219 g/mol. The van der Waals surface area contributed by atoms with E-state index in [1.807, 2.05) is 25.1 Å². The molecule has 76 valence electrons. The second kappa shape index (κ2) is 4.36. The van der Waals surface area contributed by atoms with Crippen molar-refractivity contribution in [2.75, 3.05) is 0 Å². The molecule has 0 bridgehead atoms. The number of halogens is 1. The molecule has 0 aliphatic rings. The van der Waals surface area contributed by atoms with Crippen LogP contribution in [-0.2, 0) is 5.88 Å². The Morgan fingerprint density at radius 3 is 2.53 bits per heavy atom. The van der Waals surface area contributed by atoms with Gasteiger partial charge in [-0.25, -0.2) is 15.0 Å². The van der Waals surface area contributed by atoms with E-state index < -0.39 is 0 Å². The van der Waals surface area contributed by atoms with Gasteiger partial charge >= 0.3 is 0 Å². The molecule has 0 unspecified atom stereocenters. The fourth-order valence-electron chi connectivity index (χ4n) is 1.22. The highest BCUT2D eigenvalue weighted by Crippen LogP contribution is 2.12. The summed E-state index contributed by atoms with van der Waals surface area (Å²) in [6.07, 6.45) is 3.44. The van der Waals surface area contributed by atoms with Gasteiger partial charge < -0.3 is 0 Å². The maximum atomic E-state index is 5.65. The first-order valence-corrected chi connectivity index (χ1v) is 5.14. The van der Waals surface area contributed by atoms with E-state index in [-0.39, 0.29) is 0 Å². The molecule has 0 fully saturated rings.